The van der Waals surface area contributed by atoms with Gasteiger partial charge in [0.05, 0.1) is 18.1 Å². The smallest absolute Gasteiger partial charge is 0.438 e. The number of aromatic amines is 1. The first-order valence-electron chi connectivity index (χ1n) is 17.8. The molecule has 2 unspecified atom stereocenters. The van der Waals surface area contributed by atoms with Crippen LogP contribution in [-0.2, 0) is 25.3 Å². The molecule has 53 heavy (non-hydrogen) atoms. The van der Waals surface area contributed by atoms with Crippen molar-refractivity contribution in [3.63, 3.8) is 0 Å². The number of carbonyl (C=O) groups is 4. The second-order valence-electron chi connectivity index (χ2n) is 14.4. The molecule has 1 saturated heterocycles. The number of methoxy groups -OCH3 is 1. The Labute approximate surface area is 310 Å². The lowest BCUT2D eigenvalue weighted by Crippen LogP contribution is -2.57. The van der Waals surface area contributed by atoms with E-state index in [1.807, 2.05) is 13.0 Å². The molecule has 5 rings (SSSR count). The molecule has 2 aromatic rings. The normalized spacial score (nSPS) is 23.7. The summed E-state index contributed by atoms with van der Waals surface area (Å²) in [5.41, 5.74) is -3.15. The summed E-state index contributed by atoms with van der Waals surface area (Å²) in [5, 5.41) is 6.14. The fourth-order valence-electron chi connectivity index (χ4n) is 5.88. The number of nitrogens with one attached hydrogen (secondary N) is 4. The maximum atomic E-state index is 13.6. The van der Waals surface area contributed by atoms with Crippen LogP contribution >= 0.6 is 11.9 Å². The Hall–Kier alpha value is -4.28. The number of nitrogens with zero attached hydrogens (tertiary/aromatic N) is 2. The number of amides is 4. The number of halogens is 3. The summed E-state index contributed by atoms with van der Waals surface area (Å²) in [6.45, 7) is 7.69. The Morgan fingerprint density at radius 1 is 1.02 bits per heavy atom. The predicted octanol–water partition coefficient (Wildman–Crippen LogP) is 5.39. The summed E-state index contributed by atoms with van der Waals surface area (Å²) in [6, 6.07) is 2.06. The number of aromatic nitrogens is 2. The maximum absolute atomic E-state index is 13.6. The van der Waals surface area contributed by atoms with Gasteiger partial charge in [-0.2, -0.15) is 13.2 Å². The van der Waals surface area contributed by atoms with Crippen molar-refractivity contribution in [3.05, 3.63) is 46.4 Å². The van der Waals surface area contributed by atoms with E-state index < -0.39 is 47.2 Å². The van der Waals surface area contributed by atoms with E-state index in [1.54, 1.807) is 25.7 Å². The third kappa shape index (κ3) is 12.4. The first kappa shape index (κ1) is 41.5. The number of rotatable bonds is 5. The van der Waals surface area contributed by atoms with E-state index in [4.69, 9.17) is 9.47 Å². The minimum atomic E-state index is -4.76. The fourth-order valence-corrected chi connectivity index (χ4v) is 6.66. The number of benzene rings is 1. The van der Waals surface area contributed by atoms with Gasteiger partial charge in [0, 0.05) is 23.8 Å². The lowest BCUT2D eigenvalue weighted by Gasteiger charge is -2.31. The average Bonchev–Trinajstić information content (AvgIpc) is 3.78. The van der Waals surface area contributed by atoms with Gasteiger partial charge in [0.1, 0.15) is 29.5 Å². The van der Waals surface area contributed by atoms with Crippen molar-refractivity contribution in [2.75, 3.05) is 13.7 Å². The molecule has 4 N–H and O–H groups in total. The van der Waals surface area contributed by atoms with Gasteiger partial charge in [0.2, 0.25) is 17.5 Å². The van der Waals surface area contributed by atoms with Gasteiger partial charge < -0.3 is 30.0 Å². The van der Waals surface area contributed by atoms with Crippen LogP contribution in [-0.4, -0.2) is 81.3 Å². The third-order valence-electron chi connectivity index (χ3n) is 8.76. The molecule has 2 fully saturated rings. The van der Waals surface area contributed by atoms with Crippen molar-refractivity contribution < 1.29 is 41.8 Å². The van der Waals surface area contributed by atoms with E-state index in [9.17, 15) is 37.1 Å². The molecule has 1 aromatic heterocycles. The highest BCUT2D eigenvalue weighted by Gasteiger charge is 2.40. The fraction of sp³-hybridized carbons (Fsp3) is 0.611. The van der Waals surface area contributed by atoms with Gasteiger partial charge in [-0.15, -0.1) is 0 Å². The van der Waals surface area contributed by atoms with E-state index in [1.165, 1.54) is 37.3 Å². The van der Waals surface area contributed by atoms with Crippen LogP contribution in [0.3, 0.4) is 0 Å². The summed E-state index contributed by atoms with van der Waals surface area (Å²) >= 11 is 1.42. The zero-order valence-electron chi connectivity index (χ0n) is 30.6. The first-order chi connectivity index (χ1) is 25.0. The van der Waals surface area contributed by atoms with Crippen LogP contribution < -0.4 is 25.7 Å². The van der Waals surface area contributed by atoms with Crippen LogP contribution in [0.15, 0.2) is 35.1 Å². The molecule has 0 spiro atoms. The molecule has 1 aliphatic carbocycles. The molecule has 4 atom stereocenters. The molecule has 13 nitrogen and oxygen atoms in total. The van der Waals surface area contributed by atoms with Gasteiger partial charge >= 0.3 is 12.3 Å². The second kappa shape index (κ2) is 18.2. The van der Waals surface area contributed by atoms with Crippen LogP contribution in [0.4, 0.5) is 18.0 Å². The highest BCUT2D eigenvalue weighted by molar-refractivity contribution is 7.98. The summed E-state index contributed by atoms with van der Waals surface area (Å²) < 4.78 is 50.4. The molecule has 3 heterocycles. The predicted molar refractivity (Wildman–Crippen MR) is 194 cm³/mol. The largest absolute Gasteiger partial charge is 0.497 e. The zero-order valence-corrected chi connectivity index (χ0v) is 31.5. The highest BCUT2D eigenvalue weighted by Crippen LogP contribution is 2.32. The van der Waals surface area contributed by atoms with Gasteiger partial charge in [-0.3, -0.25) is 23.9 Å². The number of hydrogen-bond donors (Lipinski definition) is 4. The van der Waals surface area contributed by atoms with E-state index >= 15 is 0 Å². The molecule has 0 bridgehead atoms. The number of H-pyrrole nitrogens is 1. The summed E-state index contributed by atoms with van der Waals surface area (Å²) in [5.74, 6) is -0.587. The monoisotopic (exact) mass is 766 g/mol. The standard InChI is InChI=1S/C26H42N4O5S.C10H7F3N2O2/c1-17-11-8-6-5-7-9-12-19(27-25(34)35-26(2,3)4)24(33)30-16-10-13-20(30)22(31)28-21(17)23(32)29-36-18-14-15-18;1-17-5-2-3-6-7(4-5)15-9(16)8(14-6)10(11,12)13/h8,11,17-21H,5-7,9-10,12-16H2,1-4H3,(H,27,34)(H,28,31)(H,29,32);2-4H,1H3,(H,15,16)/b11-8-;/t17-,19-,20?,21?;/m0./s1. The summed E-state index contributed by atoms with van der Waals surface area (Å²) in [7, 11) is 1.41. The molecule has 0 radical (unpaired) electrons. The Bertz CT molecular complexity index is 1710. The van der Waals surface area contributed by atoms with Gasteiger partial charge in [0.15, 0.2) is 0 Å². The number of hydrogen-bond acceptors (Lipinski definition) is 9. The molecule has 1 saturated carbocycles. The highest BCUT2D eigenvalue weighted by atomic mass is 32.2. The van der Waals surface area contributed by atoms with Crippen LogP contribution in [0.1, 0.15) is 91.2 Å². The van der Waals surface area contributed by atoms with Crippen molar-refractivity contribution in [2.24, 2.45) is 5.92 Å². The van der Waals surface area contributed by atoms with E-state index in [0.29, 0.717) is 36.8 Å². The molecule has 2 aliphatic heterocycles. The number of carbonyl (C=O) groups excluding carboxylic acids is 4. The molecule has 292 valence electrons. The Kier molecular flexibility index (Phi) is 14.2. The van der Waals surface area contributed by atoms with Crippen LogP contribution in [0.5, 0.6) is 5.75 Å². The molecular formula is C36H49F3N6O7S. The lowest BCUT2D eigenvalue weighted by atomic mass is 9.99. The van der Waals surface area contributed by atoms with Crippen molar-refractivity contribution in [2.45, 2.75) is 121 Å². The molecule has 4 amide bonds. The SMILES string of the molecule is COc1ccc2nc(C(F)(F)F)c(=O)[nH]c2c1.C[C@H]1/C=C\CCCCC[C@H](NC(=O)OC(C)(C)C)C(=O)N2CCCC2C(=O)NC1C(=O)NSC1CC1. The lowest BCUT2D eigenvalue weighted by molar-refractivity contribution is -0.142. The molecule has 17 heteroatoms. The van der Waals surface area contributed by atoms with E-state index in [-0.39, 0.29) is 34.7 Å². The Morgan fingerprint density at radius 2 is 1.75 bits per heavy atom. The minimum absolute atomic E-state index is 0.0534. The molecule has 3 aliphatic rings. The average molecular weight is 767 g/mol. The van der Waals surface area contributed by atoms with Crippen molar-refractivity contribution >= 4 is 46.8 Å². The maximum Gasteiger partial charge on any atom is 0.438 e. The zero-order chi connectivity index (χ0) is 38.9. The number of allylic oxidation sites excluding steroid dienone is 1. The Morgan fingerprint density at radius 3 is 2.42 bits per heavy atom. The van der Waals surface area contributed by atoms with Gasteiger partial charge in [-0.05, 0) is 89.8 Å². The summed E-state index contributed by atoms with van der Waals surface area (Å²) in [6.07, 6.45) is 5.98. The minimum Gasteiger partial charge on any atom is -0.497 e. The van der Waals surface area contributed by atoms with E-state index in [2.05, 4.69) is 31.4 Å². The molecule has 1 aromatic carbocycles. The topological polar surface area (TPSA) is 172 Å². The van der Waals surface area contributed by atoms with Crippen LogP contribution in [0, 0.1) is 5.92 Å². The van der Waals surface area contributed by atoms with Gasteiger partial charge in [-0.1, -0.05) is 31.9 Å². The summed E-state index contributed by atoms with van der Waals surface area (Å²) in [4.78, 5) is 70.6. The quantitative estimate of drug-likeness (QED) is 0.230. The third-order valence-corrected chi connectivity index (χ3v) is 9.88. The first-order valence-corrected chi connectivity index (χ1v) is 18.7. The van der Waals surface area contributed by atoms with Gasteiger partial charge in [0.25, 0.3) is 11.5 Å². The van der Waals surface area contributed by atoms with Crippen molar-refractivity contribution in [1.82, 2.24) is 30.2 Å². The van der Waals surface area contributed by atoms with Crippen molar-refractivity contribution in [1.29, 1.82) is 0 Å². The van der Waals surface area contributed by atoms with Crippen LogP contribution in [0.2, 0.25) is 0 Å². The van der Waals surface area contributed by atoms with E-state index in [0.717, 1.165) is 38.5 Å². The molecular weight excluding hydrogens is 717 g/mol. The van der Waals surface area contributed by atoms with Gasteiger partial charge in [-0.25, -0.2) is 9.78 Å². The number of ether oxygens (including phenoxy) is 2. The second-order valence-corrected chi connectivity index (χ2v) is 15.5. The number of fused-ring (bicyclic) bond motifs is 2. The van der Waals surface area contributed by atoms with Crippen molar-refractivity contribution in [3.8, 4) is 5.75 Å². The van der Waals surface area contributed by atoms with Crippen LogP contribution in [0.25, 0.3) is 11.0 Å². The Balaban J connectivity index is 0.000000306. The number of alkyl carbamates (subject to hydrolysis) is 1. The number of alkyl halides is 3.